The van der Waals surface area contributed by atoms with Crippen LogP contribution in [-0.4, -0.2) is 23.0 Å². The Morgan fingerprint density at radius 1 is 1.24 bits per heavy atom. The zero-order chi connectivity index (χ0) is 15.5. The molecule has 0 saturated heterocycles. The molecule has 1 rings (SSSR count). The molecule has 4 N–H and O–H groups in total. The van der Waals surface area contributed by atoms with Gasteiger partial charge in [-0.15, -0.1) is 0 Å². The van der Waals surface area contributed by atoms with E-state index < -0.39 is 0 Å². The van der Waals surface area contributed by atoms with Crippen LogP contribution in [0, 0.1) is 5.92 Å². The molecule has 1 saturated carbocycles. The summed E-state index contributed by atoms with van der Waals surface area (Å²) in [6, 6.07) is -0.307. The first-order chi connectivity index (χ1) is 10.2. The predicted octanol–water partition coefficient (Wildman–Crippen LogP) is 3.16. The van der Waals surface area contributed by atoms with Crippen molar-refractivity contribution < 1.29 is 10.0 Å². The molecule has 0 bridgehead atoms. The van der Waals surface area contributed by atoms with Gasteiger partial charge in [0.25, 0.3) is 0 Å². The molecule has 0 aromatic carbocycles. The molecule has 1 unspecified atom stereocenters. The van der Waals surface area contributed by atoms with Gasteiger partial charge in [0.2, 0.25) is 5.91 Å². The zero-order valence-electron chi connectivity index (χ0n) is 13.3. The molecule has 0 radical (unpaired) electrons. The maximum Gasteiger partial charge on any atom is 0.220 e. The highest BCUT2D eigenvalue weighted by atomic mass is 16.4. The largest absolute Gasteiger partial charge is 0.409 e. The third-order valence-electron chi connectivity index (χ3n) is 4.38. The standard InChI is InChI=1S/C16H31N3O2/c1-2-3-4-5-9-12-14(20)18-15(16(17)19-21)13-10-7-6-8-11-13/h13,15,21H,2-12H2,1H3,(H2,17,19)(H,18,20). The van der Waals surface area contributed by atoms with Gasteiger partial charge in [-0.2, -0.15) is 0 Å². The summed E-state index contributed by atoms with van der Waals surface area (Å²) < 4.78 is 0. The van der Waals surface area contributed by atoms with Crippen molar-refractivity contribution in [1.82, 2.24) is 5.32 Å². The average molecular weight is 297 g/mol. The first kappa shape index (κ1) is 17.8. The maximum atomic E-state index is 12.0. The van der Waals surface area contributed by atoms with Crippen molar-refractivity contribution >= 4 is 11.7 Å². The van der Waals surface area contributed by atoms with Crippen molar-refractivity contribution in [2.24, 2.45) is 16.8 Å². The van der Waals surface area contributed by atoms with E-state index in [1.165, 1.54) is 25.7 Å². The third-order valence-corrected chi connectivity index (χ3v) is 4.38. The van der Waals surface area contributed by atoms with Gasteiger partial charge in [0.05, 0.1) is 6.04 Å². The van der Waals surface area contributed by atoms with Gasteiger partial charge in [0.1, 0.15) is 0 Å². The smallest absolute Gasteiger partial charge is 0.220 e. The molecule has 122 valence electrons. The fourth-order valence-electron chi connectivity index (χ4n) is 3.10. The van der Waals surface area contributed by atoms with E-state index in [0.29, 0.717) is 12.3 Å². The molecule has 5 nitrogen and oxygen atoms in total. The van der Waals surface area contributed by atoms with Crippen LogP contribution in [0.4, 0.5) is 0 Å². The van der Waals surface area contributed by atoms with Crippen molar-refractivity contribution in [1.29, 1.82) is 0 Å². The normalized spacial score (nSPS) is 18.4. The first-order valence-electron chi connectivity index (χ1n) is 8.45. The van der Waals surface area contributed by atoms with E-state index in [1.807, 2.05) is 0 Å². The number of amidine groups is 1. The molecule has 1 aliphatic rings. The summed E-state index contributed by atoms with van der Waals surface area (Å²) in [5.74, 6) is 0.466. The van der Waals surface area contributed by atoms with E-state index in [9.17, 15) is 4.79 Å². The highest BCUT2D eigenvalue weighted by Crippen LogP contribution is 2.26. The molecule has 0 spiro atoms. The van der Waals surface area contributed by atoms with Crippen LogP contribution in [0.5, 0.6) is 0 Å². The van der Waals surface area contributed by atoms with E-state index in [2.05, 4.69) is 17.4 Å². The highest BCUT2D eigenvalue weighted by molar-refractivity contribution is 5.90. The SMILES string of the molecule is CCCCCCCC(=O)NC(/C(N)=N/O)C1CCCCC1. The number of amides is 1. The molecule has 0 aliphatic heterocycles. The minimum atomic E-state index is -0.307. The molecule has 5 heteroatoms. The minimum absolute atomic E-state index is 0.0219. The first-order valence-corrected chi connectivity index (χ1v) is 8.45. The zero-order valence-corrected chi connectivity index (χ0v) is 13.3. The average Bonchev–Trinajstić information content (AvgIpc) is 2.52. The Bertz CT molecular complexity index is 325. The van der Waals surface area contributed by atoms with E-state index in [-0.39, 0.29) is 17.8 Å². The van der Waals surface area contributed by atoms with Crippen LogP contribution < -0.4 is 11.1 Å². The second-order valence-corrected chi connectivity index (χ2v) is 6.13. The number of hydrogen-bond acceptors (Lipinski definition) is 3. The van der Waals surface area contributed by atoms with E-state index in [1.54, 1.807) is 0 Å². The van der Waals surface area contributed by atoms with Crippen molar-refractivity contribution in [3.05, 3.63) is 0 Å². The lowest BCUT2D eigenvalue weighted by Crippen LogP contribution is -2.49. The Balaban J connectivity index is 2.39. The minimum Gasteiger partial charge on any atom is -0.409 e. The van der Waals surface area contributed by atoms with Crippen molar-refractivity contribution in [2.45, 2.75) is 83.6 Å². The quantitative estimate of drug-likeness (QED) is 0.201. The fourth-order valence-corrected chi connectivity index (χ4v) is 3.10. The number of carbonyl (C=O) groups is 1. The molecule has 0 aromatic rings. The maximum absolute atomic E-state index is 12.0. The number of nitrogens with zero attached hydrogens (tertiary/aromatic N) is 1. The van der Waals surface area contributed by atoms with Crippen LogP contribution in [-0.2, 0) is 4.79 Å². The van der Waals surface area contributed by atoms with Gasteiger partial charge in [-0.05, 0) is 25.2 Å². The van der Waals surface area contributed by atoms with Crippen LogP contribution in [0.3, 0.4) is 0 Å². The summed E-state index contributed by atoms with van der Waals surface area (Å²) in [5.41, 5.74) is 5.78. The van der Waals surface area contributed by atoms with E-state index in [0.717, 1.165) is 38.5 Å². The highest BCUT2D eigenvalue weighted by Gasteiger charge is 2.28. The summed E-state index contributed by atoms with van der Waals surface area (Å²) in [6.45, 7) is 2.18. The van der Waals surface area contributed by atoms with Crippen LogP contribution >= 0.6 is 0 Å². The van der Waals surface area contributed by atoms with Crippen LogP contribution in [0.25, 0.3) is 0 Å². The van der Waals surface area contributed by atoms with E-state index >= 15 is 0 Å². The Labute approximate surface area is 128 Å². The van der Waals surface area contributed by atoms with Gasteiger partial charge < -0.3 is 16.3 Å². The van der Waals surface area contributed by atoms with Crippen LogP contribution in [0.15, 0.2) is 5.16 Å². The Kier molecular flexibility index (Phi) is 8.87. The molecule has 1 amide bonds. The van der Waals surface area contributed by atoms with Crippen LogP contribution in [0.1, 0.15) is 77.6 Å². The predicted molar refractivity (Wildman–Crippen MR) is 85.3 cm³/mol. The molecule has 1 aliphatic carbocycles. The van der Waals surface area contributed by atoms with E-state index in [4.69, 9.17) is 10.9 Å². The number of carbonyl (C=O) groups excluding carboxylic acids is 1. The van der Waals surface area contributed by atoms with Crippen molar-refractivity contribution in [3.63, 3.8) is 0 Å². The second kappa shape index (κ2) is 10.5. The summed E-state index contributed by atoms with van der Waals surface area (Å²) in [4.78, 5) is 12.0. The second-order valence-electron chi connectivity index (χ2n) is 6.13. The number of hydrogen-bond donors (Lipinski definition) is 3. The monoisotopic (exact) mass is 297 g/mol. The summed E-state index contributed by atoms with van der Waals surface area (Å²) in [6.07, 6.45) is 11.8. The molecule has 0 aromatic heterocycles. The van der Waals surface area contributed by atoms with Crippen molar-refractivity contribution in [3.8, 4) is 0 Å². The lowest BCUT2D eigenvalue weighted by molar-refractivity contribution is -0.121. The molecular formula is C16H31N3O2. The van der Waals surface area contributed by atoms with Gasteiger partial charge >= 0.3 is 0 Å². The fraction of sp³-hybridized carbons (Fsp3) is 0.875. The van der Waals surface area contributed by atoms with Gasteiger partial charge in [0, 0.05) is 6.42 Å². The number of oxime groups is 1. The van der Waals surface area contributed by atoms with Gasteiger partial charge in [-0.1, -0.05) is 57.0 Å². The Morgan fingerprint density at radius 3 is 2.52 bits per heavy atom. The summed E-state index contributed by atoms with van der Waals surface area (Å²) in [7, 11) is 0. The lowest BCUT2D eigenvalue weighted by Gasteiger charge is -2.30. The van der Waals surface area contributed by atoms with Gasteiger partial charge in [0.15, 0.2) is 5.84 Å². The molecular weight excluding hydrogens is 266 g/mol. The third kappa shape index (κ3) is 6.82. The molecule has 1 fully saturated rings. The summed E-state index contributed by atoms with van der Waals surface area (Å²) >= 11 is 0. The van der Waals surface area contributed by atoms with Crippen molar-refractivity contribution in [2.75, 3.05) is 0 Å². The summed E-state index contributed by atoms with van der Waals surface area (Å²) in [5, 5.41) is 15.0. The van der Waals surface area contributed by atoms with Crippen LogP contribution in [0.2, 0.25) is 0 Å². The number of unbranched alkanes of at least 4 members (excludes halogenated alkanes) is 4. The lowest BCUT2D eigenvalue weighted by atomic mass is 9.83. The van der Waals surface area contributed by atoms with Gasteiger partial charge in [-0.25, -0.2) is 0 Å². The molecule has 0 heterocycles. The Hall–Kier alpha value is -1.26. The molecule has 21 heavy (non-hydrogen) atoms. The topological polar surface area (TPSA) is 87.7 Å². The number of nitrogens with two attached hydrogens (primary N) is 1. The number of rotatable bonds is 9. The molecule has 1 atom stereocenters. The Morgan fingerprint density at radius 2 is 1.90 bits per heavy atom. The van der Waals surface area contributed by atoms with Gasteiger partial charge in [-0.3, -0.25) is 4.79 Å². The number of nitrogens with one attached hydrogen (secondary N) is 1.